The maximum Gasteiger partial charge on any atom is 0.0585 e. The first-order valence-electron chi connectivity index (χ1n) is 8.54. The van der Waals surface area contributed by atoms with E-state index in [4.69, 9.17) is 4.74 Å². The predicted molar refractivity (Wildman–Crippen MR) is 89.7 cm³/mol. The molecule has 1 aliphatic heterocycles. The molecule has 0 radical (unpaired) electrons. The molecule has 1 aromatic carbocycles. The van der Waals surface area contributed by atoms with Crippen molar-refractivity contribution in [3.05, 3.63) is 35.9 Å². The molecule has 1 heterocycles. The van der Waals surface area contributed by atoms with Gasteiger partial charge in [-0.1, -0.05) is 51.1 Å². The first kappa shape index (κ1) is 16.5. The summed E-state index contributed by atoms with van der Waals surface area (Å²) in [5.74, 6) is 0.693. The molecule has 0 saturated carbocycles. The number of rotatable bonds is 8. The highest BCUT2D eigenvalue weighted by molar-refractivity contribution is 5.26. The first-order chi connectivity index (χ1) is 10.2. The summed E-state index contributed by atoms with van der Waals surface area (Å²) in [6.07, 6.45) is 5.17. The number of nitrogens with one attached hydrogen (secondary N) is 1. The van der Waals surface area contributed by atoms with E-state index >= 15 is 0 Å². The van der Waals surface area contributed by atoms with Gasteiger partial charge in [-0.2, -0.15) is 0 Å². The molecular formula is C19H31NO. The van der Waals surface area contributed by atoms with Crippen LogP contribution in [0, 0.1) is 5.92 Å². The lowest BCUT2D eigenvalue weighted by Crippen LogP contribution is -2.41. The van der Waals surface area contributed by atoms with Gasteiger partial charge in [0, 0.05) is 18.6 Å². The van der Waals surface area contributed by atoms with Gasteiger partial charge in [0.25, 0.3) is 0 Å². The zero-order valence-corrected chi connectivity index (χ0v) is 13.9. The van der Waals surface area contributed by atoms with E-state index in [0.717, 1.165) is 32.5 Å². The van der Waals surface area contributed by atoms with Crippen molar-refractivity contribution in [1.29, 1.82) is 0 Å². The quantitative estimate of drug-likeness (QED) is 0.776. The highest BCUT2D eigenvalue weighted by Gasteiger charge is 2.34. The number of hydrogen-bond donors (Lipinski definition) is 1. The number of hydrogen-bond acceptors (Lipinski definition) is 2. The van der Waals surface area contributed by atoms with Crippen molar-refractivity contribution in [3.63, 3.8) is 0 Å². The van der Waals surface area contributed by atoms with Crippen LogP contribution in [0.5, 0.6) is 0 Å². The lowest BCUT2D eigenvalue weighted by Gasteiger charge is -2.36. The highest BCUT2D eigenvalue weighted by Crippen LogP contribution is 2.35. The van der Waals surface area contributed by atoms with Crippen molar-refractivity contribution < 1.29 is 4.74 Å². The fourth-order valence-corrected chi connectivity index (χ4v) is 3.40. The van der Waals surface area contributed by atoms with Gasteiger partial charge in [-0.15, -0.1) is 0 Å². The molecule has 2 rings (SSSR count). The fraction of sp³-hybridized carbons (Fsp3) is 0.684. The molecule has 2 unspecified atom stereocenters. The molecule has 0 aliphatic carbocycles. The minimum absolute atomic E-state index is 0.200. The Hall–Kier alpha value is -0.860. The van der Waals surface area contributed by atoms with Gasteiger partial charge in [0.1, 0.15) is 0 Å². The average Bonchev–Trinajstić information content (AvgIpc) is 2.99. The van der Waals surface area contributed by atoms with E-state index < -0.39 is 0 Å². The summed E-state index contributed by atoms with van der Waals surface area (Å²) in [6, 6.07) is 11.0. The Balaban J connectivity index is 2.13. The van der Waals surface area contributed by atoms with Crippen LogP contribution < -0.4 is 5.32 Å². The van der Waals surface area contributed by atoms with Crippen LogP contribution in [0.1, 0.15) is 52.0 Å². The van der Waals surface area contributed by atoms with Gasteiger partial charge in [0.15, 0.2) is 0 Å². The van der Waals surface area contributed by atoms with Crippen LogP contribution in [-0.4, -0.2) is 25.8 Å². The molecule has 1 aromatic rings. The molecule has 2 heteroatoms. The Morgan fingerprint density at radius 3 is 2.62 bits per heavy atom. The van der Waals surface area contributed by atoms with Crippen molar-refractivity contribution in [3.8, 4) is 0 Å². The second kappa shape index (κ2) is 7.95. The zero-order chi connectivity index (χ0) is 15.1. The molecule has 0 bridgehead atoms. The van der Waals surface area contributed by atoms with Crippen LogP contribution >= 0.6 is 0 Å². The first-order valence-corrected chi connectivity index (χ1v) is 8.54. The molecule has 21 heavy (non-hydrogen) atoms. The number of benzene rings is 1. The molecule has 0 aromatic heterocycles. The largest absolute Gasteiger partial charge is 0.378 e. The Morgan fingerprint density at radius 2 is 2.05 bits per heavy atom. The maximum atomic E-state index is 5.93. The van der Waals surface area contributed by atoms with Crippen LogP contribution in [0.3, 0.4) is 0 Å². The Bertz CT molecular complexity index is 397. The third-order valence-electron chi connectivity index (χ3n) is 4.72. The van der Waals surface area contributed by atoms with Crippen molar-refractivity contribution >= 4 is 0 Å². The normalized spacial score (nSPS) is 21.6. The van der Waals surface area contributed by atoms with Crippen molar-refractivity contribution in [2.45, 2.75) is 58.0 Å². The predicted octanol–water partition coefficient (Wildman–Crippen LogP) is 4.15. The molecule has 1 saturated heterocycles. The topological polar surface area (TPSA) is 21.3 Å². The summed E-state index contributed by atoms with van der Waals surface area (Å²) in [5.41, 5.74) is 1.66. The van der Waals surface area contributed by atoms with E-state index in [9.17, 15) is 0 Å². The van der Waals surface area contributed by atoms with E-state index in [0.29, 0.717) is 12.0 Å². The molecule has 1 aliphatic rings. The van der Waals surface area contributed by atoms with Crippen LogP contribution in [0.15, 0.2) is 30.3 Å². The van der Waals surface area contributed by atoms with Gasteiger partial charge >= 0.3 is 0 Å². The number of ether oxygens (including phenoxy) is 1. The van der Waals surface area contributed by atoms with Gasteiger partial charge < -0.3 is 10.1 Å². The molecule has 2 nitrogen and oxygen atoms in total. The SMILES string of the molecule is CCC(CNCC(C)C)(CC1CCCO1)c1ccccc1. The monoisotopic (exact) mass is 289 g/mol. The van der Waals surface area contributed by atoms with E-state index in [1.54, 1.807) is 0 Å². The minimum atomic E-state index is 0.200. The Kier molecular flexibility index (Phi) is 6.25. The van der Waals surface area contributed by atoms with Crippen LogP contribution in [0.4, 0.5) is 0 Å². The molecule has 1 fully saturated rings. The van der Waals surface area contributed by atoms with Crippen LogP contribution in [0.2, 0.25) is 0 Å². The van der Waals surface area contributed by atoms with Gasteiger partial charge in [0.2, 0.25) is 0 Å². The van der Waals surface area contributed by atoms with Crippen LogP contribution in [0.25, 0.3) is 0 Å². The lowest BCUT2D eigenvalue weighted by atomic mass is 9.73. The Morgan fingerprint density at radius 1 is 1.29 bits per heavy atom. The van der Waals surface area contributed by atoms with E-state index in [-0.39, 0.29) is 5.41 Å². The minimum Gasteiger partial charge on any atom is -0.378 e. The second-order valence-electron chi connectivity index (χ2n) is 6.86. The summed E-state index contributed by atoms with van der Waals surface area (Å²) >= 11 is 0. The smallest absolute Gasteiger partial charge is 0.0585 e. The lowest BCUT2D eigenvalue weighted by molar-refractivity contribution is 0.0799. The van der Waals surface area contributed by atoms with Gasteiger partial charge in [-0.3, -0.25) is 0 Å². The Labute approximate surface area is 130 Å². The molecule has 0 spiro atoms. The third-order valence-corrected chi connectivity index (χ3v) is 4.72. The molecule has 1 N–H and O–H groups in total. The summed E-state index contributed by atoms with van der Waals surface area (Å²) in [4.78, 5) is 0. The summed E-state index contributed by atoms with van der Waals surface area (Å²) in [6.45, 7) is 9.93. The molecular weight excluding hydrogens is 258 g/mol. The summed E-state index contributed by atoms with van der Waals surface area (Å²) < 4.78 is 5.93. The van der Waals surface area contributed by atoms with Gasteiger partial charge in [-0.25, -0.2) is 0 Å². The van der Waals surface area contributed by atoms with E-state index in [1.807, 2.05) is 0 Å². The van der Waals surface area contributed by atoms with Crippen LogP contribution in [-0.2, 0) is 10.2 Å². The standard InChI is InChI=1S/C19H31NO/c1-4-19(15-20-14-16(2)3,13-18-11-8-12-21-18)17-9-6-5-7-10-17/h5-7,9-10,16,18,20H,4,8,11-15H2,1-3H3. The fourth-order valence-electron chi connectivity index (χ4n) is 3.40. The maximum absolute atomic E-state index is 5.93. The van der Waals surface area contributed by atoms with Crippen molar-refractivity contribution in [2.24, 2.45) is 5.92 Å². The van der Waals surface area contributed by atoms with Gasteiger partial charge in [-0.05, 0) is 43.7 Å². The van der Waals surface area contributed by atoms with Gasteiger partial charge in [0.05, 0.1) is 6.10 Å². The van der Waals surface area contributed by atoms with Crippen molar-refractivity contribution in [2.75, 3.05) is 19.7 Å². The second-order valence-corrected chi connectivity index (χ2v) is 6.86. The average molecular weight is 289 g/mol. The zero-order valence-electron chi connectivity index (χ0n) is 13.9. The van der Waals surface area contributed by atoms with Crippen molar-refractivity contribution in [1.82, 2.24) is 5.32 Å². The molecule has 2 atom stereocenters. The summed E-state index contributed by atoms with van der Waals surface area (Å²) in [7, 11) is 0. The third kappa shape index (κ3) is 4.55. The van der Waals surface area contributed by atoms with E-state index in [1.165, 1.54) is 18.4 Å². The molecule has 0 amide bonds. The summed E-state index contributed by atoms with van der Waals surface area (Å²) in [5, 5.41) is 3.69. The highest BCUT2D eigenvalue weighted by atomic mass is 16.5. The van der Waals surface area contributed by atoms with E-state index in [2.05, 4.69) is 56.4 Å². The molecule has 118 valence electrons.